The average molecular weight is 345 g/mol. The molecule has 0 radical (unpaired) electrons. The quantitative estimate of drug-likeness (QED) is 0.477. The van der Waals surface area contributed by atoms with Crippen molar-refractivity contribution in [1.82, 2.24) is 0 Å². The summed E-state index contributed by atoms with van der Waals surface area (Å²) in [7, 11) is 0. The molecular formula is C15H14Cl2OS2. The van der Waals surface area contributed by atoms with Crippen LogP contribution in [-0.2, 0) is 0 Å². The molecule has 5 heteroatoms. The van der Waals surface area contributed by atoms with Gasteiger partial charge in [0.1, 0.15) is 4.34 Å². The number of hydrogen-bond donors (Lipinski definition) is 0. The number of thiophene rings is 1. The highest BCUT2D eigenvalue weighted by atomic mass is 35.5. The maximum absolute atomic E-state index is 12.1. The second kappa shape index (κ2) is 6.99. The Bertz CT molecular complexity index is 603. The minimum absolute atomic E-state index is 0.0103. The highest BCUT2D eigenvalue weighted by molar-refractivity contribution is 8.00. The molecule has 0 saturated carbocycles. The van der Waals surface area contributed by atoms with Crippen LogP contribution in [0.3, 0.4) is 0 Å². The molecule has 0 N–H and O–H groups in total. The minimum atomic E-state index is 0.0103. The van der Waals surface area contributed by atoms with E-state index in [4.69, 9.17) is 23.2 Å². The van der Waals surface area contributed by atoms with E-state index >= 15 is 0 Å². The molecule has 106 valence electrons. The predicted molar refractivity (Wildman–Crippen MR) is 89.9 cm³/mol. The van der Waals surface area contributed by atoms with Crippen molar-refractivity contribution in [2.75, 3.05) is 5.75 Å². The van der Waals surface area contributed by atoms with E-state index < -0.39 is 0 Å². The summed E-state index contributed by atoms with van der Waals surface area (Å²) in [5.41, 5.74) is 1.82. The van der Waals surface area contributed by atoms with Gasteiger partial charge in [-0.15, -0.1) is 23.1 Å². The molecule has 0 spiro atoms. The van der Waals surface area contributed by atoms with Gasteiger partial charge in [0, 0.05) is 10.5 Å². The summed E-state index contributed by atoms with van der Waals surface area (Å²) in [6.07, 6.45) is 0. The zero-order valence-electron chi connectivity index (χ0n) is 11.2. The Labute approximate surface area is 137 Å². The first kappa shape index (κ1) is 15.9. The highest BCUT2D eigenvalue weighted by Gasteiger charge is 2.14. The number of Topliss-reactive ketones (excluding diaryl/α,β-unsaturated/α-hetero) is 1. The second-order valence-corrected chi connectivity index (χ2v) is 8.01. The number of carbonyl (C=O) groups is 1. The van der Waals surface area contributed by atoms with Crippen LogP contribution in [0.5, 0.6) is 0 Å². The summed E-state index contributed by atoms with van der Waals surface area (Å²) >= 11 is 14.6. The van der Waals surface area contributed by atoms with Crippen molar-refractivity contribution in [3.63, 3.8) is 0 Å². The van der Waals surface area contributed by atoms with Gasteiger partial charge in [-0.2, -0.15) is 0 Å². The van der Waals surface area contributed by atoms with Crippen LogP contribution < -0.4 is 0 Å². The van der Waals surface area contributed by atoms with E-state index in [-0.39, 0.29) is 5.78 Å². The molecule has 2 aromatic rings. The van der Waals surface area contributed by atoms with Crippen molar-refractivity contribution in [2.24, 2.45) is 0 Å². The lowest BCUT2D eigenvalue weighted by Gasteiger charge is -2.06. The van der Waals surface area contributed by atoms with Gasteiger partial charge in [-0.25, -0.2) is 0 Å². The van der Waals surface area contributed by atoms with Crippen molar-refractivity contribution in [1.29, 1.82) is 0 Å². The molecule has 0 aliphatic carbocycles. The minimum Gasteiger partial charge on any atom is -0.293 e. The fourth-order valence-corrected chi connectivity index (χ4v) is 3.99. The normalized spacial score (nSPS) is 11.1. The lowest BCUT2D eigenvalue weighted by Crippen LogP contribution is -2.01. The van der Waals surface area contributed by atoms with E-state index in [0.717, 1.165) is 4.90 Å². The predicted octanol–water partition coefficient (Wildman–Crippen LogP) is 6.15. The zero-order valence-corrected chi connectivity index (χ0v) is 14.3. The summed E-state index contributed by atoms with van der Waals surface area (Å²) in [5, 5.41) is 0. The lowest BCUT2D eigenvalue weighted by molar-refractivity contribution is 0.102. The number of hydrogen-bond acceptors (Lipinski definition) is 3. The van der Waals surface area contributed by atoms with E-state index in [1.54, 1.807) is 6.07 Å². The Balaban J connectivity index is 1.98. The molecule has 0 amide bonds. The van der Waals surface area contributed by atoms with E-state index in [9.17, 15) is 4.79 Å². The van der Waals surface area contributed by atoms with Crippen LogP contribution in [0.4, 0.5) is 0 Å². The molecule has 0 aliphatic rings. The fraction of sp³-hybridized carbons (Fsp3) is 0.267. The maximum Gasteiger partial charge on any atom is 0.175 e. The van der Waals surface area contributed by atoms with Crippen LogP contribution in [-0.4, -0.2) is 11.5 Å². The number of halogens is 2. The smallest absolute Gasteiger partial charge is 0.175 e. The number of benzene rings is 1. The van der Waals surface area contributed by atoms with Crippen molar-refractivity contribution < 1.29 is 4.79 Å². The van der Waals surface area contributed by atoms with Crippen molar-refractivity contribution >= 4 is 52.1 Å². The van der Waals surface area contributed by atoms with E-state index in [1.807, 2.05) is 0 Å². The first-order valence-corrected chi connectivity index (χ1v) is 8.74. The van der Waals surface area contributed by atoms with Gasteiger partial charge < -0.3 is 0 Å². The molecule has 20 heavy (non-hydrogen) atoms. The molecule has 0 unspecified atom stereocenters. The summed E-state index contributed by atoms with van der Waals surface area (Å²) in [6.45, 7) is 4.32. The lowest BCUT2D eigenvalue weighted by atomic mass is 10.0. The third-order valence-corrected chi connectivity index (χ3v) is 5.37. The summed E-state index contributed by atoms with van der Waals surface area (Å²) in [4.78, 5) is 13.2. The van der Waals surface area contributed by atoms with Gasteiger partial charge in [0.15, 0.2) is 5.78 Å². The van der Waals surface area contributed by atoms with Gasteiger partial charge >= 0.3 is 0 Å². The Kier molecular flexibility index (Phi) is 5.56. The Morgan fingerprint density at radius 3 is 2.40 bits per heavy atom. The monoisotopic (exact) mass is 344 g/mol. The SMILES string of the molecule is CC(C)c1ccc(SCC(=O)c2cc(Cl)sc2Cl)cc1. The first-order chi connectivity index (χ1) is 9.47. The van der Waals surface area contributed by atoms with Crippen molar-refractivity contribution in [2.45, 2.75) is 24.7 Å². The van der Waals surface area contributed by atoms with Crippen LogP contribution >= 0.6 is 46.3 Å². The molecule has 1 nitrogen and oxygen atoms in total. The molecule has 1 aromatic carbocycles. The third kappa shape index (κ3) is 4.01. The number of thioether (sulfide) groups is 1. The molecule has 0 aliphatic heterocycles. The Morgan fingerprint density at radius 2 is 1.90 bits per heavy atom. The van der Waals surface area contributed by atoms with Crippen LogP contribution in [0, 0.1) is 0 Å². The zero-order chi connectivity index (χ0) is 14.7. The van der Waals surface area contributed by atoms with Crippen molar-refractivity contribution in [3.8, 4) is 0 Å². The summed E-state index contributed by atoms with van der Waals surface area (Å²) in [6, 6.07) is 9.95. The van der Waals surface area contributed by atoms with Gasteiger partial charge in [0.25, 0.3) is 0 Å². The maximum atomic E-state index is 12.1. The van der Waals surface area contributed by atoms with E-state index in [2.05, 4.69) is 38.1 Å². The highest BCUT2D eigenvalue weighted by Crippen LogP contribution is 2.32. The van der Waals surface area contributed by atoms with E-state index in [1.165, 1.54) is 28.7 Å². The van der Waals surface area contributed by atoms with Gasteiger partial charge in [-0.3, -0.25) is 4.79 Å². The van der Waals surface area contributed by atoms with Crippen LogP contribution in [0.15, 0.2) is 35.2 Å². The molecule has 1 aromatic heterocycles. The molecule has 0 bridgehead atoms. The number of ketones is 1. The molecule has 2 rings (SSSR count). The van der Waals surface area contributed by atoms with Crippen molar-refractivity contribution in [3.05, 3.63) is 50.1 Å². The summed E-state index contributed by atoms with van der Waals surface area (Å²) in [5.74, 6) is 0.895. The molecule has 1 heterocycles. The van der Waals surface area contributed by atoms with Crippen LogP contribution in [0.1, 0.15) is 35.7 Å². The molecule has 0 fully saturated rings. The molecular weight excluding hydrogens is 331 g/mol. The van der Waals surface area contributed by atoms with E-state index in [0.29, 0.717) is 25.9 Å². The summed E-state index contributed by atoms with van der Waals surface area (Å²) < 4.78 is 1.01. The Hall–Kier alpha value is -0.480. The largest absolute Gasteiger partial charge is 0.293 e. The second-order valence-electron chi connectivity index (χ2n) is 4.67. The average Bonchev–Trinajstić information content (AvgIpc) is 2.75. The topological polar surface area (TPSA) is 17.1 Å². The fourth-order valence-electron chi connectivity index (χ4n) is 1.71. The van der Waals surface area contributed by atoms with Crippen LogP contribution in [0.25, 0.3) is 0 Å². The van der Waals surface area contributed by atoms with Gasteiger partial charge in [0.2, 0.25) is 0 Å². The number of carbonyl (C=O) groups excluding carboxylic acids is 1. The third-order valence-electron chi connectivity index (χ3n) is 2.87. The Morgan fingerprint density at radius 1 is 1.25 bits per heavy atom. The van der Waals surface area contributed by atoms with Gasteiger partial charge in [-0.05, 0) is 29.7 Å². The number of rotatable bonds is 5. The molecule has 0 saturated heterocycles. The standard InChI is InChI=1S/C15H14Cl2OS2/c1-9(2)10-3-5-11(6-4-10)19-8-13(18)12-7-14(16)20-15(12)17/h3-7,9H,8H2,1-2H3. The molecule has 0 atom stereocenters. The van der Waals surface area contributed by atoms with Crippen LogP contribution in [0.2, 0.25) is 8.67 Å². The van der Waals surface area contributed by atoms with Gasteiger partial charge in [0.05, 0.1) is 10.1 Å². The first-order valence-electron chi connectivity index (χ1n) is 6.18. The van der Waals surface area contributed by atoms with Gasteiger partial charge in [-0.1, -0.05) is 49.2 Å².